The van der Waals surface area contributed by atoms with E-state index in [2.05, 4.69) is 5.32 Å². The normalized spacial score (nSPS) is 12.2. The van der Waals surface area contributed by atoms with Crippen molar-refractivity contribution in [1.82, 2.24) is 5.32 Å². The monoisotopic (exact) mass is 477 g/mol. The van der Waals surface area contributed by atoms with E-state index in [1.165, 1.54) is 18.2 Å². The Bertz CT molecular complexity index is 1120. The number of carbonyl (C=O) groups is 1. The van der Waals surface area contributed by atoms with Crippen LogP contribution in [0.5, 0.6) is 5.75 Å². The molecule has 0 bridgehead atoms. The van der Waals surface area contributed by atoms with Gasteiger partial charge < -0.3 is 10.1 Å². The van der Waals surface area contributed by atoms with E-state index in [1.807, 2.05) is 32.0 Å². The second-order valence-electron chi connectivity index (χ2n) is 7.92. The van der Waals surface area contributed by atoms with Crippen LogP contribution in [0.25, 0.3) is 0 Å². The molecule has 1 N–H and O–H groups in total. The molecule has 1 unspecified atom stereocenters. The molecule has 0 saturated heterocycles. The van der Waals surface area contributed by atoms with Gasteiger partial charge in [0.05, 0.1) is 30.0 Å². The molecule has 0 radical (unpaired) electrons. The van der Waals surface area contributed by atoms with Crippen LogP contribution in [0.4, 0.5) is 11.4 Å². The molecular weight excluding hydrogens is 446 g/mol. The largest absolute Gasteiger partial charge is 0.496 e. The van der Waals surface area contributed by atoms with E-state index >= 15 is 0 Å². The molecule has 0 aliphatic carbocycles. The molecule has 0 fully saturated rings. The van der Waals surface area contributed by atoms with Gasteiger partial charge in [-0.05, 0) is 49.4 Å². The van der Waals surface area contributed by atoms with Gasteiger partial charge in [0.1, 0.15) is 5.75 Å². The van der Waals surface area contributed by atoms with E-state index < -0.39 is 14.9 Å². The van der Waals surface area contributed by atoms with Gasteiger partial charge in [-0.3, -0.25) is 19.2 Å². The van der Waals surface area contributed by atoms with Gasteiger partial charge in [-0.15, -0.1) is 0 Å². The van der Waals surface area contributed by atoms with E-state index in [0.717, 1.165) is 27.4 Å². The van der Waals surface area contributed by atoms with Crippen molar-refractivity contribution in [3.8, 4) is 5.75 Å². The lowest BCUT2D eigenvalue weighted by Gasteiger charge is -2.24. The number of carbonyl (C=O) groups excluding carboxylic acids is 1. The van der Waals surface area contributed by atoms with Crippen molar-refractivity contribution >= 4 is 27.3 Å². The number of nitro benzene ring substituents is 1. The Kier molecular flexibility index (Phi) is 8.81. The first-order chi connectivity index (χ1) is 15.5. The van der Waals surface area contributed by atoms with Crippen molar-refractivity contribution in [2.24, 2.45) is 0 Å². The summed E-state index contributed by atoms with van der Waals surface area (Å²) in [6.45, 7) is 5.63. The number of hydrogen-bond donors (Lipinski definition) is 1. The third-order valence-electron chi connectivity index (χ3n) is 5.40. The molecule has 180 valence electrons. The fraction of sp³-hybridized carbons (Fsp3) is 0.435. The highest BCUT2D eigenvalue weighted by molar-refractivity contribution is 7.92. The van der Waals surface area contributed by atoms with Gasteiger partial charge in [0.2, 0.25) is 15.9 Å². The Morgan fingerprint density at radius 2 is 1.88 bits per heavy atom. The highest BCUT2D eigenvalue weighted by Crippen LogP contribution is 2.28. The van der Waals surface area contributed by atoms with Crippen molar-refractivity contribution in [1.29, 1.82) is 0 Å². The lowest BCUT2D eigenvalue weighted by atomic mass is 10.0. The maximum atomic E-state index is 12.6. The number of hydrogen-bond acceptors (Lipinski definition) is 6. The second-order valence-corrected chi connectivity index (χ2v) is 9.83. The molecule has 0 aromatic heterocycles. The van der Waals surface area contributed by atoms with E-state index in [9.17, 15) is 23.3 Å². The second kappa shape index (κ2) is 11.1. The summed E-state index contributed by atoms with van der Waals surface area (Å²) in [6, 6.07) is 9.67. The topological polar surface area (TPSA) is 119 Å². The SMILES string of the molecule is CCC(NC(=O)CCCN(c1cc([N+](=O)[O-])ccc1C)S(C)(=O)=O)c1ccc(OC)c(C)c1. The summed E-state index contributed by atoms with van der Waals surface area (Å²) in [5, 5.41) is 14.1. The highest BCUT2D eigenvalue weighted by Gasteiger charge is 2.22. The van der Waals surface area contributed by atoms with E-state index in [-0.39, 0.29) is 42.7 Å². The molecule has 0 aliphatic rings. The van der Waals surface area contributed by atoms with Gasteiger partial charge in [0.25, 0.3) is 5.69 Å². The third-order valence-corrected chi connectivity index (χ3v) is 6.58. The fourth-order valence-corrected chi connectivity index (χ4v) is 4.65. The minimum absolute atomic E-state index is 0.0344. The van der Waals surface area contributed by atoms with Crippen LogP contribution in [-0.4, -0.2) is 39.2 Å². The number of rotatable bonds is 11. The Morgan fingerprint density at radius 3 is 2.42 bits per heavy atom. The number of ether oxygens (including phenoxy) is 1. The molecule has 0 aliphatic heterocycles. The maximum Gasteiger partial charge on any atom is 0.271 e. The lowest BCUT2D eigenvalue weighted by Crippen LogP contribution is -2.33. The summed E-state index contributed by atoms with van der Waals surface area (Å²) in [5.41, 5.74) is 2.58. The number of nitrogens with one attached hydrogen (secondary N) is 1. The molecule has 0 saturated carbocycles. The minimum atomic E-state index is -3.70. The van der Waals surface area contributed by atoms with E-state index in [4.69, 9.17) is 4.74 Å². The van der Waals surface area contributed by atoms with Crippen molar-refractivity contribution in [2.45, 2.75) is 46.1 Å². The average Bonchev–Trinajstić information content (AvgIpc) is 2.74. The standard InChI is InChI=1S/C23H31N3O6S/c1-6-20(18-10-12-22(32-4)17(3)14-18)24-23(27)8-7-13-25(33(5,30)31)21-15-19(26(28)29)11-9-16(21)2/h9-12,14-15,20H,6-8,13H2,1-5H3,(H,24,27). The van der Waals surface area contributed by atoms with Gasteiger partial charge in [0.15, 0.2) is 0 Å². The summed E-state index contributed by atoms with van der Waals surface area (Å²) in [4.78, 5) is 23.1. The number of methoxy groups -OCH3 is 1. The average molecular weight is 478 g/mol. The van der Waals surface area contributed by atoms with Gasteiger partial charge in [-0.1, -0.05) is 25.1 Å². The van der Waals surface area contributed by atoms with Crippen LogP contribution in [0.2, 0.25) is 0 Å². The zero-order valence-corrected chi connectivity index (χ0v) is 20.4. The number of aryl methyl sites for hydroxylation is 2. The summed E-state index contributed by atoms with van der Waals surface area (Å²) >= 11 is 0. The van der Waals surface area contributed by atoms with Gasteiger partial charge in [-0.2, -0.15) is 0 Å². The van der Waals surface area contributed by atoms with Crippen LogP contribution < -0.4 is 14.4 Å². The molecular formula is C23H31N3O6S. The molecule has 1 amide bonds. The Labute approximate surface area is 195 Å². The van der Waals surface area contributed by atoms with Gasteiger partial charge in [0, 0.05) is 25.1 Å². The van der Waals surface area contributed by atoms with Crippen LogP contribution in [-0.2, 0) is 14.8 Å². The summed E-state index contributed by atoms with van der Waals surface area (Å²) in [5.74, 6) is 0.580. The Balaban J connectivity index is 2.08. The zero-order valence-electron chi connectivity index (χ0n) is 19.6. The van der Waals surface area contributed by atoms with Crippen LogP contribution in [0.15, 0.2) is 36.4 Å². The fourth-order valence-electron chi connectivity index (χ4n) is 3.63. The molecule has 33 heavy (non-hydrogen) atoms. The summed E-state index contributed by atoms with van der Waals surface area (Å²) in [6.07, 6.45) is 2.12. The van der Waals surface area contributed by atoms with Crippen LogP contribution in [0.1, 0.15) is 48.9 Å². The highest BCUT2D eigenvalue weighted by atomic mass is 32.2. The smallest absolute Gasteiger partial charge is 0.271 e. The number of nitrogens with zero attached hydrogens (tertiary/aromatic N) is 2. The Hall–Kier alpha value is -3.14. The van der Waals surface area contributed by atoms with Crippen LogP contribution >= 0.6 is 0 Å². The van der Waals surface area contributed by atoms with Crippen LogP contribution in [0, 0.1) is 24.0 Å². The predicted molar refractivity (Wildman–Crippen MR) is 128 cm³/mol. The number of anilines is 1. The minimum Gasteiger partial charge on any atom is -0.496 e. The first-order valence-corrected chi connectivity index (χ1v) is 12.5. The number of nitro groups is 1. The van der Waals surface area contributed by atoms with E-state index in [1.54, 1.807) is 14.0 Å². The molecule has 1 atom stereocenters. The summed E-state index contributed by atoms with van der Waals surface area (Å²) < 4.78 is 31.2. The first-order valence-electron chi connectivity index (χ1n) is 10.6. The summed E-state index contributed by atoms with van der Waals surface area (Å²) in [7, 11) is -2.09. The number of sulfonamides is 1. The van der Waals surface area contributed by atoms with Crippen molar-refractivity contribution in [3.05, 3.63) is 63.2 Å². The predicted octanol–water partition coefficient (Wildman–Crippen LogP) is 4.03. The molecule has 9 nitrogen and oxygen atoms in total. The van der Waals surface area contributed by atoms with Gasteiger partial charge >= 0.3 is 0 Å². The quantitative estimate of drug-likeness (QED) is 0.385. The third kappa shape index (κ3) is 6.92. The van der Waals surface area contributed by atoms with E-state index in [0.29, 0.717) is 12.0 Å². The first kappa shape index (κ1) is 26.1. The lowest BCUT2D eigenvalue weighted by molar-refractivity contribution is -0.384. The number of non-ortho nitro benzene ring substituents is 1. The van der Waals surface area contributed by atoms with Crippen molar-refractivity contribution in [2.75, 3.05) is 24.2 Å². The molecule has 2 aromatic carbocycles. The molecule has 0 spiro atoms. The maximum absolute atomic E-state index is 12.6. The van der Waals surface area contributed by atoms with Crippen molar-refractivity contribution < 1.29 is 22.9 Å². The zero-order chi connectivity index (χ0) is 24.8. The van der Waals surface area contributed by atoms with Crippen LogP contribution in [0.3, 0.4) is 0 Å². The number of amides is 1. The molecule has 2 rings (SSSR count). The molecule has 0 heterocycles. The van der Waals surface area contributed by atoms with Gasteiger partial charge in [-0.25, -0.2) is 8.42 Å². The Morgan fingerprint density at radius 1 is 1.18 bits per heavy atom. The van der Waals surface area contributed by atoms with Crippen molar-refractivity contribution in [3.63, 3.8) is 0 Å². The molecule has 2 aromatic rings. The molecule has 10 heteroatoms. The number of benzene rings is 2.